The number of aromatic nitrogens is 3. The number of methoxy groups -OCH3 is 2. The Kier molecular flexibility index (Phi) is 4.16. The lowest BCUT2D eigenvalue weighted by atomic mass is 10.2. The second-order valence-corrected chi connectivity index (χ2v) is 4.63. The third-order valence-corrected chi connectivity index (χ3v) is 2.97. The Morgan fingerprint density at radius 3 is 2.89 bits per heavy atom. The summed E-state index contributed by atoms with van der Waals surface area (Å²) < 4.78 is 12.3. The molecule has 0 radical (unpaired) electrons. The number of benzene rings is 1. The highest BCUT2D eigenvalue weighted by Crippen LogP contribution is 2.23. The molecule has 0 saturated heterocycles. The number of carbonyl (C=O) groups is 1. The summed E-state index contributed by atoms with van der Waals surface area (Å²) in [7, 11) is 2.90. The Bertz CT molecular complexity index is 598. The molecule has 0 unspecified atom stereocenters. The molecule has 0 saturated carbocycles. The zero-order chi connectivity index (χ0) is 13.8. The molecule has 6 nitrogen and oxygen atoms in total. The number of rotatable bonds is 4. The maximum atomic E-state index is 11.3. The molecule has 1 heterocycles. The molecule has 0 bridgehead atoms. The van der Waals surface area contributed by atoms with Gasteiger partial charge in [-0.3, -0.25) is 0 Å². The summed E-state index contributed by atoms with van der Waals surface area (Å²) >= 11 is 3.40. The highest BCUT2D eigenvalue weighted by atomic mass is 79.9. The van der Waals surface area contributed by atoms with Crippen LogP contribution in [0.1, 0.15) is 16.2 Å². The average molecular weight is 326 g/mol. The van der Waals surface area contributed by atoms with Gasteiger partial charge in [0, 0.05) is 10.0 Å². The molecular weight excluding hydrogens is 314 g/mol. The van der Waals surface area contributed by atoms with Crippen molar-refractivity contribution in [2.24, 2.45) is 0 Å². The molecule has 0 spiro atoms. The molecule has 19 heavy (non-hydrogen) atoms. The quantitative estimate of drug-likeness (QED) is 0.803. The third-order valence-electron chi connectivity index (χ3n) is 2.48. The van der Waals surface area contributed by atoms with Gasteiger partial charge in [-0.25, -0.2) is 14.5 Å². The molecule has 7 heteroatoms. The van der Waals surface area contributed by atoms with Crippen molar-refractivity contribution in [2.75, 3.05) is 14.2 Å². The largest absolute Gasteiger partial charge is 0.496 e. The summed E-state index contributed by atoms with van der Waals surface area (Å²) in [4.78, 5) is 15.1. The summed E-state index contributed by atoms with van der Waals surface area (Å²) in [6.07, 6.45) is 1.48. The average Bonchev–Trinajstić information content (AvgIpc) is 2.86. The minimum atomic E-state index is -0.556. The minimum Gasteiger partial charge on any atom is -0.496 e. The van der Waals surface area contributed by atoms with Gasteiger partial charge in [-0.1, -0.05) is 15.9 Å². The van der Waals surface area contributed by atoms with E-state index in [0.717, 1.165) is 15.8 Å². The van der Waals surface area contributed by atoms with E-state index >= 15 is 0 Å². The lowest BCUT2D eigenvalue weighted by molar-refractivity contribution is 0.0586. The minimum absolute atomic E-state index is 0.0384. The lowest BCUT2D eigenvalue weighted by Gasteiger charge is -2.08. The third kappa shape index (κ3) is 3.11. The Hall–Kier alpha value is -1.89. The van der Waals surface area contributed by atoms with Gasteiger partial charge in [-0.05, 0) is 18.2 Å². The normalized spacial score (nSPS) is 10.3. The van der Waals surface area contributed by atoms with Crippen LogP contribution in [-0.4, -0.2) is 35.0 Å². The molecule has 0 atom stereocenters. The van der Waals surface area contributed by atoms with E-state index in [-0.39, 0.29) is 5.82 Å². The summed E-state index contributed by atoms with van der Waals surface area (Å²) in [6.45, 7) is 0.451. The first-order valence-corrected chi connectivity index (χ1v) is 6.23. The zero-order valence-corrected chi connectivity index (χ0v) is 12.0. The SMILES string of the molecule is COC(=O)c1ncn(Cc2cc(Br)ccc2OC)n1. The summed E-state index contributed by atoms with van der Waals surface area (Å²) in [5.74, 6) is 0.231. The van der Waals surface area contributed by atoms with Crippen molar-refractivity contribution < 1.29 is 14.3 Å². The number of hydrogen-bond donors (Lipinski definition) is 0. The van der Waals surface area contributed by atoms with Crippen LogP contribution in [0.25, 0.3) is 0 Å². The van der Waals surface area contributed by atoms with Gasteiger partial charge in [0.1, 0.15) is 12.1 Å². The van der Waals surface area contributed by atoms with Crippen LogP contribution in [0.2, 0.25) is 0 Å². The smallest absolute Gasteiger partial charge is 0.377 e. The highest BCUT2D eigenvalue weighted by Gasteiger charge is 2.12. The monoisotopic (exact) mass is 325 g/mol. The van der Waals surface area contributed by atoms with Crippen molar-refractivity contribution >= 4 is 21.9 Å². The fourth-order valence-electron chi connectivity index (χ4n) is 1.60. The lowest BCUT2D eigenvalue weighted by Crippen LogP contribution is -2.07. The van der Waals surface area contributed by atoms with E-state index < -0.39 is 5.97 Å². The molecule has 0 aliphatic carbocycles. The summed E-state index contributed by atoms with van der Waals surface area (Å²) in [5.41, 5.74) is 0.929. The standard InChI is InChI=1S/C12H12BrN3O3/c1-18-10-4-3-9(13)5-8(10)6-16-7-14-11(15-16)12(17)19-2/h3-5,7H,6H2,1-2H3. The van der Waals surface area contributed by atoms with E-state index in [1.54, 1.807) is 11.8 Å². The molecule has 1 aromatic carbocycles. The van der Waals surface area contributed by atoms with Crippen LogP contribution in [0.3, 0.4) is 0 Å². The molecule has 100 valence electrons. The number of nitrogens with zero attached hydrogens (tertiary/aromatic N) is 3. The number of halogens is 1. The van der Waals surface area contributed by atoms with E-state index in [1.165, 1.54) is 13.4 Å². The van der Waals surface area contributed by atoms with E-state index in [2.05, 4.69) is 30.7 Å². The molecule has 0 fully saturated rings. The molecule has 0 amide bonds. The molecule has 2 rings (SSSR count). The van der Waals surface area contributed by atoms with E-state index in [0.29, 0.717) is 6.54 Å². The predicted molar refractivity (Wildman–Crippen MR) is 71.2 cm³/mol. The van der Waals surface area contributed by atoms with Crippen molar-refractivity contribution in [3.05, 3.63) is 40.4 Å². The van der Waals surface area contributed by atoms with E-state index in [1.807, 2.05) is 18.2 Å². The zero-order valence-electron chi connectivity index (χ0n) is 10.5. The van der Waals surface area contributed by atoms with Crippen LogP contribution in [0, 0.1) is 0 Å². The molecule has 1 aromatic heterocycles. The Balaban J connectivity index is 2.23. The maximum Gasteiger partial charge on any atom is 0.377 e. The van der Waals surface area contributed by atoms with Crippen molar-refractivity contribution in [1.29, 1.82) is 0 Å². The summed E-state index contributed by atoms with van der Waals surface area (Å²) in [5, 5.41) is 4.04. The Morgan fingerprint density at radius 1 is 1.42 bits per heavy atom. The first-order valence-electron chi connectivity index (χ1n) is 5.44. The van der Waals surface area contributed by atoms with Gasteiger partial charge < -0.3 is 9.47 Å². The number of esters is 1. The van der Waals surface area contributed by atoms with Gasteiger partial charge in [0.05, 0.1) is 20.8 Å². The molecular formula is C12H12BrN3O3. The van der Waals surface area contributed by atoms with Crippen LogP contribution in [0.15, 0.2) is 29.0 Å². The van der Waals surface area contributed by atoms with Crippen LogP contribution >= 0.6 is 15.9 Å². The van der Waals surface area contributed by atoms with Gasteiger partial charge in [0.2, 0.25) is 0 Å². The molecule has 0 aliphatic rings. The van der Waals surface area contributed by atoms with Crippen molar-refractivity contribution in [3.63, 3.8) is 0 Å². The first kappa shape index (κ1) is 13.5. The van der Waals surface area contributed by atoms with Gasteiger partial charge in [0.25, 0.3) is 5.82 Å². The highest BCUT2D eigenvalue weighted by molar-refractivity contribution is 9.10. The molecule has 0 aliphatic heterocycles. The second-order valence-electron chi connectivity index (χ2n) is 3.71. The van der Waals surface area contributed by atoms with Crippen LogP contribution in [0.4, 0.5) is 0 Å². The predicted octanol–water partition coefficient (Wildman–Crippen LogP) is 1.88. The van der Waals surface area contributed by atoms with Gasteiger partial charge >= 0.3 is 5.97 Å². The van der Waals surface area contributed by atoms with E-state index in [4.69, 9.17) is 4.74 Å². The van der Waals surface area contributed by atoms with E-state index in [9.17, 15) is 4.79 Å². The Labute approximate surface area is 118 Å². The van der Waals surface area contributed by atoms with Gasteiger partial charge in [-0.2, -0.15) is 0 Å². The fourth-order valence-corrected chi connectivity index (χ4v) is 2.01. The number of carbonyl (C=O) groups excluding carboxylic acids is 1. The van der Waals surface area contributed by atoms with Crippen LogP contribution < -0.4 is 4.74 Å². The Morgan fingerprint density at radius 2 is 2.21 bits per heavy atom. The van der Waals surface area contributed by atoms with Crippen molar-refractivity contribution in [3.8, 4) is 5.75 Å². The molecule has 0 N–H and O–H groups in total. The topological polar surface area (TPSA) is 66.2 Å². The number of ether oxygens (including phenoxy) is 2. The first-order chi connectivity index (χ1) is 9.13. The van der Waals surface area contributed by atoms with Gasteiger partial charge in [0.15, 0.2) is 0 Å². The molecule has 2 aromatic rings. The van der Waals surface area contributed by atoms with Crippen molar-refractivity contribution in [1.82, 2.24) is 14.8 Å². The number of hydrogen-bond acceptors (Lipinski definition) is 5. The van der Waals surface area contributed by atoms with Crippen LogP contribution in [0.5, 0.6) is 5.75 Å². The summed E-state index contributed by atoms with van der Waals surface area (Å²) in [6, 6.07) is 5.68. The van der Waals surface area contributed by atoms with Crippen LogP contribution in [-0.2, 0) is 11.3 Å². The maximum absolute atomic E-state index is 11.3. The second kappa shape index (κ2) is 5.83. The fraction of sp³-hybridized carbons (Fsp3) is 0.250. The van der Waals surface area contributed by atoms with Gasteiger partial charge in [-0.15, -0.1) is 5.10 Å². The van der Waals surface area contributed by atoms with Crippen molar-refractivity contribution in [2.45, 2.75) is 6.54 Å².